The van der Waals surface area contributed by atoms with Crippen molar-refractivity contribution < 1.29 is 9.53 Å². The lowest BCUT2D eigenvalue weighted by Gasteiger charge is -2.33. The fourth-order valence-corrected chi connectivity index (χ4v) is 4.13. The Bertz CT molecular complexity index is 866. The molecule has 1 N–H and O–H groups in total. The fraction of sp³-hybridized carbons (Fsp3) is 0.300. The highest BCUT2D eigenvalue weighted by Crippen LogP contribution is 2.26. The highest BCUT2D eigenvalue weighted by atomic mass is 32.1. The first kappa shape index (κ1) is 17.0. The number of anilines is 2. The van der Waals surface area contributed by atoms with Gasteiger partial charge < -0.3 is 9.64 Å². The molecule has 1 saturated heterocycles. The standard InChI is InChI=1S/C20H21N3O2S/c1-25-16-10-12-23(13-11-16)15-8-6-14(7-9-15)19(24)22-20-21-17-4-2-3-5-18(17)26-20/h2-9,16H,10-13H2,1H3,(H,21,22,24). The zero-order chi connectivity index (χ0) is 17.9. The summed E-state index contributed by atoms with van der Waals surface area (Å²) in [7, 11) is 1.78. The van der Waals surface area contributed by atoms with E-state index in [4.69, 9.17) is 4.74 Å². The summed E-state index contributed by atoms with van der Waals surface area (Å²) in [6.07, 6.45) is 2.44. The lowest BCUT2D eigenvalue weighted by atomic mass is 10.1. The molecule has 0 atom stereocenters. The zero-order valence-corrected chi connectivity index (χ0v) is 15.5. The fourth-order valence-electron chi connectivity index (χ4n) is 3.27. The van der Waals surface area contributed by atoms with E-state index in [1.807, 2.05) is 48.5 Å². The van der Waals surface area contributed by atoms with Gasteiger partial charge in [-0.05, 0) is 49.2 Å². The summed E-state index contributed by atoms with van der Waals surface area (Å²) < 4.78 is 6.49. The van der Waals surface area contributed by atoms with Crippen LogP contribution in [-0.4, -0.2) is 37.2 Å². The molecule has 134 valence electrons. The Kier molecular flexibility index (Phi) is 4.86. The number of rotatable bonds is 4. The maximum absolute atomic E-state index is 12.5. The quantitative estimate of drug-likeness (QED) is 0.752. The van der Waals surface area contributed by atoms with Gasteiger partial charge in [-0.1, -0.05) is 23.5 Å². The number of benzene rings is 2. The van der Waals surface area contributed by atoms with Crippen LogP contribution in [0.3, 0.4) is 0 Å². The summed E-state index contributed by atoms with van der Waals surface area (Å²) in [5, 5.41) is 3.53. The van der Waals surface area contributed by atoms with Crippen LogP contribution in [-0.2, 0) is 4.74 Å². The molecule has 0 bridgehead atoms. The normalized spacial score (nSPS) is 15.3. The van der Waals surface area contributed by atoms with Crippen LogP contribution in [0.2, 0.25) is 0 Å². The van der Waals surface area contributed by atoms with Crippen LogP contribution >= 0.6 is 11.3 Å². The number of amides is 1. The molecule has 0 aliphatic carbocycles. The van der Waals surface area contributed by atoms with Gasteiger partial charge in [0.1, 0.15) is 0 Å². The third kappa shape index (κ3) is 3.57. The summed E-state index contributed by atoms with van der Waals surface area (Å²) in [5.74, 6) is -0.131. The first-order valence-electron chi connectivity index (χ1n) is 8.77. The van der Waals surface area contributed by atoms with E-state index in [0.717, 1.165) is 41.8 Å². The van der Waals surface area contributed by atoms with Crippen LogP contribution in [0, 0.1) is 0 Å². The van der Waals surface area contributed by atoms with Crippen molar-refractivity contribution in [3.05, 3.63) is 54.1 Å². The number of ether oxygens (including phenoxy) is 1. The van der Waals surface area contributed by atoms with Crippen LogP contribution in [0.15, 0.2) is 48.5 Å². The Hall–Kier alpha value is -2.44. The molecule has 0 radical (unpaired) electrons. The van der Waals surface area contributed by atoms with Gasteiger partial charge >= 0.3 is 0 Å². The molecular weight excluding hydrogens is 346 g/mol. The van der Waals surface area contributed by atoms with Crippen LogP contribution < -0.4 is 10.2 Å². The molecule has 0 spiro atoms. The molecule has 1 fully saturated rings. The molecule has 1 aliphatic rings. The van der Waals surface area contributed by atoms with Gasteiger partial charge in [-0.15, -0.1) is 0 Å². The van der Waals surface area contributed by atoms with Gasteiger partial charge in [-0.3, -0.25) is 10.1 Å². The van der Waals surface area contributed by atoms with Gasteiger partial charge in [0.15, 0.2) is 5.13 Å². The minimum Gasteiger partial charge on any atom is -0.381 e. The van der Waals surface area contributed by atoms with Crippen molar-refractivity contribution in [3.8, 4) is 0 Å². The Morgan fingerprint density at radius 3 is 2.58 bits per heavy atom. The van der Waals surface area contributed by atoms with Crippen molar-refractivity contribution in [2.75, 3.05) is 30.4 Å². The molecule has 5 nitrogen and oxygen atoms in total. The van der Waals surface area contributed by atoms with E-state index >= 15 is 0 Å². The number of hydrogen-bond acceptors (Lipinski definition) is 5. The average molecular weight is 367 g/mol. The van der Waals surface area contributed by atoms with Gasteiger partial charge in [0, 0.05) is 31.5 Å². The number of aromatic nitrogens is 1. The summed E-state index contributed by atoms with van der Waals surface area (Å²) in [6, 6.07) is 15.6. The van der Waals surface area contributed by atoms with Crippen LogP contribution in [0.4, 0.5) is 10.8 Å². The number of fused-ring (bicyclic) bond motifs is 1. The van der Waals surface area contributed by atoms with E-state index in [0.29, 0.717) is 16.8 Å². The number of carbonyl (C=O) groups is 1. The smallest absolute Gasteiger partial charge is 0.257 e. The predicted octanol–water partition coefficient (Wildman–Crippen LogP) is 4.16. The minimum atomic E-state index is -0.131. The maximum atomic E-state index is 12.5. The van der Waals surface area contributed by atoms with Gasteiger partial charge in [-0.25, -0.2) is 4.98 Å². The third-order valence-corrected chi connectivity index (χ3v) is 5.74. The number of piperidine rings is 1. The molecular formula is C20H21N3O2S. The molecule has 1 aromatic heterocycles. The Balaban J connectivity index is 1.42. The van der Waals surface area contributed by atoms with E-state index in [-0.39, 0.29) is 5.91 Å². The van der Waals surface area contributed by atoms with E-state index < -0.39 is 0 Å². The molecule has 4 rings (SSSR count). The molecule has 1 aliphatic heterocycles. The number of nitrogens with one attached hydrogen (secondary N) is 1. The number of hydrogen-bond donors (Lipinski definition) is 1. The van der Waals surface area contributed by atoms with Crippen molar-refractivity contribution in [1.82, 2.24) is 4.98 Å². The molecule has 0 saturated carbocycles. The lowest BCUT2D eigenvalue weighted by molar-refractivity contribution is 0.0819. The van der Waals surface area contributed by atoms with Crippen molar-refractivity contribution >= 4 is 38.3 Å². The first-order chi connectivity index (χ1) is 12.7. The number of para-hydroxylation sites is 1. The van der Waals surface area contributed by atoms with Crippen molar-refractivity contribution in [1.29, 1.82) is 0 Å². The first-order valence-corrected chi connectivity index (χ1v) is 9.59. The number of nitrogens with zero attached hydrogens (tertiary/aromatic N) is 2. The maximum Gasteiger partial charge on any atom is 0.257 e. The SMILES string of the molecule is COC1CCN(c2ccc(C(=O)Nc3nc4ccccc4s3)cc2)CC1. The molecule has 2 heterocycles. The molecule has 6 heteroatoms. The second-order valence-electron chi connectivity index (χ2n) is 6.41. The van der Waals surface area contributed by atoms with Gasteiger partial charge in [-0.2, -0.15) is 0 Å². The summed E-state index contributed by atoms with van der Waals surface area (Å²) in [5.41, 5.74) is 2.69. The van der Waals surface area contributed by atoms with Crippen molar-refractivity contribution in [2.45, 2.75) is 18.9 Å². The second kappa shape index (κ2) is 7.43. The number of thiazole rings is 1. The molecule has 3 aromatic rings. The summed E-state index contributed by atoms with van der Waals surface area (Å²) >= 11 is 1.49. The van der Waals surface area contributed by atoms with E-state index in [1.54, 1.807) is 7.11 Å². The van der Waals surface area contributed by atoms with Gasteiger partial charge in [0.2, 0.25) is 0 Å². The third-order valence-electron chi connectivity index (χ3n) is 4.78. The molecule has 26 heavy (non-hydrogen) atoms. The summed E-state index contributed by atoms with van der Waals surface area (Å²) in [6.45, 7) is 1.96. The molecule has 2 aromatic carbocycles. The predicted molar refractivity (Wildman–Crippen MR) is 106 cm³/mol. The Morgan fingerprint density at radius 1 is 1.15 bits per heavy atom. The van der Waals surface area contributed by atoms with Crippen molar-refractivity contribution in [3.63, 3.8) is 0 Å². The minimum absolute atomic E-state index is 0.131. The van der Waals surface area contributed by atoms with E-state index in [2.05, 4.69) is 15.2 Å². The van der Waals surface area contributed by atoms with E-state index in [9.17, 15) is 4.79 Å². The van der Waals surface area contributed by atoms with Gasteiger partial charge in [0.05, 0.1) is 16.3 Å². The monoisotopic (exact) mass is 367 g/mol. The van der Waals surface area contributed by atoms with E-state index in [1.165, 1.54) is 11.3 Å². The molecule has 0 unspecified atom stereocenters. The topological polar surface area (TPSA) is 54.5 Å². The van der Waals surface area contributed by atoms with Crippen molar-refractivity contribution in [2.24, 2.45) is 0 Å². The Labute approximate surface area is 156 Å². The number of methoxy groups -OCH3 is 1. The van der Waals surface area contributed by atoms with Crippen LogP contribution in [0.1, 0.15) is 23.2 Å². The number of carbonyl (C=O) groups excluding carboxylic acids is 1. The lowest BCUT2D eigenvalue weighted by Crippen LogP contribution is -2.36. The van der Waals surface area contributed by atoms with Crippen LogP contribution in [0.25, 0.3) is 10.2 Å². The zero-order valence-electron chi connectivity index (χ0n) is 14.6. The van der Waals surface area contributed by atoms with Gasteiger partial charge in [0.25, 0.3) is 5.91 Å². The Morgan fingerprint density at radius 2 is 1.88 bits per heavy atom. The summed E-state index contributed by atoms with van der Waals surface area (Å²) in [4.78, 5) is 19.3. The molecule has 1 amide bonds. The second-order valence-corrected chi connectivity index (χ2v) is 7.44. The average Bonchev–Trinajstić information content (AvgIpc) is 3.10. The van der Waals surface area contributed by atoms with Crippen LogP contribution in [0.5, 0.6) is 0 Å². The highest BCUT2D eigenvalue weighted by Gasteiger charge is 2.19. The highest BCUT2D eigenvalue weighted by molar-refractivity contribution is 7.22. The largest absolute Gasteiger partial charge is 0.381 e.